The molecule has 0 radical (unpaired) electrons. The molecule has 0 heterocycles. The fourth-order valence-electron chi connectivity index (χ4n) is 1.83. The van der Waals surface area contributed by atoms with E-state index in [-0.39, 0.29) is 0 Å². The maximum atomic E-state index is 9.23. The molecule has 0 spiro atoms. The van der Waals surface area contributed by atoms with Crippen molar-refractivity contribution < 1.29 is 5.11 Å². The van der Waals surface area contributed by atoms with Crippen LogP contribution < -0.4 is 4.90 Å². The Labute approximate surface area is 98.9 Å². The summed E-state index contributed by atoms with van der Waals surface area (Å²) in [6, 6.07) is 7.96. The maximum Gasteiger partial charge on any atom is 0.115 e. The third-order valence-corrected chi connectivity index (χ3v) is 3.14. The highest BCUT2D eigenvalue weighted by Gasteiger charge is 2.09. The SMILES string of the molecule is CCCCCC(C)N(C)c1ccc(O)cc1. The van der Waals surface area contributed by atoms with Crippen molar-refractivity contribution in [2.24, 2.45) is 0 Å². The molecular formula is C14H23NO. The van der Waals surface area contributed by atoms with Gasteiger partial charge in [-0.2, -0.15) is 0 Å². The Morgan fingerprint density at radius 2 is 1.81 bits per heavy atom. The summed E-state index contributed by atoms with van der Waals surface area (Å²) in [6.45, 7) is 4.48. The molecule has 0 fully saturated rings. The third kappa shape index (κ3) is 3.76. The molecule has 1 N–H and O–H groups in total. The van der Waals surface area contributed by atoms with Gasteiger partial charge < -0.3 is 10.0 Å². The fourth-order valence-corrected chi connectivity index (χ4v) is 1.83. The molecule has 0 aliphatic heterocycles. The van der Waals surface area contributed by atoms with E-state index >= 15 is 0 Å². The van der Waals surface area contributed by atoms with Gasteiger partial charge in [0.2, 0.25) is 0 Å². The van der Waals surface area contributed by atoms with E-state index in [9.17, 15) is 5.11 Å². The summed E-state index contributed by atoms with van der Waals surface area (Å²) >= 11 is 0. The summed E-state index contributed by atoms with van der Waals surface area (Å²) in [4.78, 5) is 2.27. The Kier molecular flexibility index (Phi) is 5.17. The van der Waals surface area contributed by atoms with Gasteiger partial charge in [0, 0.05) is 18.8 Å². The Morgan fingerprint density at radius 1 is 1.19 bits per heavy atom. The maximum absolute atomic E-state index is 9.23. The van der Waals surface area contributed by atoms with Crippen molar-refractivity contribution in [2.75, 3.05) is 11.9 Å². The quantitative estimate of drug-likeness (QED) is 0.739. The average molecular weight is 221 g/mol. The Morgan fingerprint density at radius 3 is 2.38 bits per heavy atom. The van der Waals surface area contributed by atoms with E-state index in [0.717, 1.165) is 0 Å². The Balaban J connectivity index is 2.49. The second kappa shape index (κ2) is 6.41. The number of nitrogens with zero attached hydrogens (tertiary/aromatic N) is 1. The topological polar surface area (TPSA) is 23.5 Å². The van der Waals surface area contributed by atoms with Crippen molar-refractivity contribution in [1.29, 1.82) is 0 Å². The van der Waals surface area contributed by atoms with Gasteiger partial charge >= 0.3 is 0 Å². The number of unbranched alkanes of at least 4 members (excludes halogenated alkanes) is 2. The number of benzene rings is 1. The van der Waals surface area contributed by atoms with E-state index in [0.29, 0.717) is 11.8 Å². The Bertz CT molecular complexity index is 294. The standard InChI is InChI=1S/C14H23NO/c1-4-5-6-7-12(2)15(3)13-8-10-14(16)11-9-13/h8-12,16H,4-7H2,1-3H3. The van der Waals surface area contributed by atoms with Gasteiger partial charge in [-0.05, 0) is 37.6 Å². The van der Waals surface area contributed by atoms with Crippen LogP contribution in [0.25, 0.3) is 0 Å². The zero-order valence-corrected chi connectivity index (χ0v) is 10.6. The molecule has 0 aliphatic rings. The lowest BCUT2D eigenvalue weighted by atomic mass is 10.1. The lowest BCUT2D eigenvalue weighted by Gasteiger charge is -2.27. The van der Waals surface area contributed by atoms with E-state index < -0.39 is 0 Å². The van der Waals surface area contributed by atoms with Crippen LogP contribution in [0.4, 0.5) is 5.69 Å². The van der Waals surface area contributed by atoms with Gasteiger partial charge in [0.05, 0.1) is 0 Å². The molecule has 1 rings (SSSR count). The summed E-state index contributed by atoms with van der Waals surface area (Å²) in [5.74, 6) is 0.329. The molecule has 1 atom stereocenters. The van der Waals surface area contributed by atoms with Crippen LogP contribution in [0.15, 0.2) is 24.3 Å². The second-order valence-electron chi connectivity index (χ2n) is 4.47. The minimum absolute atomic E-state index is 0.329. The fraction of sp³-hybridized carbons (Fsp3) is 0.571. The van der Waals surface area contributed by atoms with Crippen LogP contribution in [0.5, 0.6) is 5.75 Å². The lowest BCUT2D eigenvalue weighted by Crippen LogP contribution is -2.28. The van der Waals surface area contributed by atoms with Crippen LogP contribution in [0.3, 0.4) is 0 Å². The smallest absolute Gasteiger partial charge is 0.115 e. The van der Waals surface area contributed by atoms with Crippen molar-refractivity contribution in [2.45, 2.75) is 45.6 Å². The van der Waals surface area contributed by atoms with Crippen LogP contribution in [-0.2, 0) is 0 Å². The summed E-state index contributed by atoms with van der Waals surface area (Å²) in [6.07, 6.45) is 5.11. The van der Waals surface area contributed by atoms with Crippen LogP contribution in [0, 0.1) is 0 Å². The summed E-state index contributed by atoms with van der Waals surface area (Å²) in [5, 5.41) is 9.23. The number of anilines is 1. The minimum Gasteiger partial charge on any atom is -0.508 e. The van der Waals surface area contributed by atoms with Crippen molar-refractivity contribution in [3.8, 4) is 5.75 Å². The van der Waals surface area contributed by atoms with Gasteiger partial charge in [0.1, 0.15) is 5.75 Å². The predicted octanol–water partition coefficient (Wildman–Crippen LogP) is 3.80. The predicted molar refractivity (Wildman–Crippen MR) is 70.1 cm³/mol. The zero-order chi connectivity index (χ0) is 12.0. The first-order valence-corrected chi connectivity index (χ1v) is 6.17. The number of hydrogen-bond acceptors (Lipinski definition) is 2. The van der Waals surface area contributed by atoms with Crippen molar-refractivity contribution in [1.82, 2.24) is 0 Å². The summed E-state index contributed by atoms with van der Waals surface area (Å²) in [5.41, 5.74) is 1.17. The van der Waals surface area contributed by atoms with Gasteiger partial charge in [-0.3, -0.25) is 0 Å². The molecule has 2 nitrogen and oxygen atoms in total. The molecule has 0 saturated carbocycles. The van der Waals surface area contributed by atoms with E-state index in [1.165, 1.54) is 31.4 Å². The van der Waals surface area contributed by atoms with Crippen LogP contribution in [-0.4, -0.2) is 18.2 Å². The van der Waals surface area contributed by atoms with E-state index in [4.69, 9.17) is 0 Å². The van der Waals surface area contributed by atoms with Crippen LogP contribution >= 0.6 is 0 Å². The third-order valence-electron chi connectivity index (χ3n) is 3.14. The molecule has 0 amide bonds. The van der Waals surface area contributed by atoms with Crippen LogP contribution in [0.1, 0.15) is 39.5 Å². The minimum atomic E-state index is 0.329. The molecule has 1 aromatic carbocycles. The first-order chi connectivity index (χ1) is 7.65. The van der Waals surface area contributed by atoms with Gasteiger partial charge in [0.15, 0.2) is 0 Å². The number of aromatic hydroxyl groups is 1. The molecule has 16 heavy (non-hydrogen) atoms. The molecule has 0 bridgehead atoms. The molecule has 1 unspecified atom stereocenters. The molecule has 0 saturated heterocycles. The summed E-state index contributed by atoms with van der Waals surface area (Å²) in [7, 11) is 2.11. The highest BCUT2D eigenvalue weighted by molar-refractivity contribution is 5.48. The largest absolute Gasteiger partial charge is 0.508 e. The zero-order valence-electron chi connectivity index (χ0n) is 10.6. The van der Waals surface area contributed by atoms with Crippen molar-refractivity contribution >= 4 is 5.69 Å². The highest BCUT2D eigenvalue weighted by atomic mass is 16.3. The molecular weight excluding hydrogens is 198 g/mol. The van der Waals surface area contributed by atoms with Crippen molar-refractivity contribution in [3.63, 3.8) is 0 Å². The number of phenols is 1. The van der Waals surface area contributed by atoms with Gasteiger partial charge in [-0.15, -0.1) is 0 Å². The van der Waals surface area contributed by atoms with Gasteiger partial charge in [0.25, 0.3) is 0 Å². The van der Waals surface area contributed by atoms with Gasteiger partial charge in [-0.1, -0.05) is 26.2 Å². The first kappa shape index (κ1) is 12.9. The van der Waals surface area contributed by atoms with Crippen LogP contribution in [0.2, 0.25) is 0 Å². The lowest BCUT2D eigenvalue weighted by molar-refractivity contribution is 0.475. The summed E-state index contributed by atoms with van der Waals surface area (Å²) < 4.78 is 0. The highest BCUT2D eigenvalue weighted by Crippen LogP contribution is 2.20. The van der Waals surface area contributed by atoms with E-state index in [1.54, 1.807) is 12.1 Å². The molecule has 90 valence electrons. The van der Waals surface area contributed by atoms with Crippen molar-refractivity contribution in [3.05, 3.63) is 24.3 Å². The van der Waals surface area contributed by atoms with E-state index in [2.05, 4.69) is 25.8 Å². The molecule has 2 heteroatoms. The molecule has 0 aromatic heterocycles. The monoisotopic (exact) mass is 221 g/mol. The van der Waals surface area contributed by atoms with E-state index in [1.807, 2.05) is 12.1 Å². The molecule has 1 aromatic rings. The second-order valence-corrected chi connectivity index (χ2v) is 4.47. The Hall–Kier alpha value is -1.18. The number of phenolic OH excluding ortho intramolecular Hbond substituents is 1. The average Bonchev–Trinajstić information content (AvgIpc) is 2.29. The number of rotatable bonds is 6. The molecule has 0 aliphatic carbocycles. The van der Waals surface area contributed by atoms with Gasteiger partial charge in [-0.25, -0.2) is 0 Å². The normalized spacial score (nSPS) is 12.4. The first-order valence-electron chi connectivity index (χ1n) is 6.17. The number of hydrogen-bond donors (Lipinski definition) is 1.